The van der Waals surface area contributed by atoms with Crippen LogP contribution in [0, 0.1) is 0 Å². The monoisotopic (exact) mass is 646 g/mol. The molecular weight excluding hydrogens is 613 g/mol. The van der Waals surface area contributed by atoms with Crippen LogP contribution in [0.3, 0.4) is 0 Å². The number of hydrogen-bond acceptors (Lipinski definition) is 3. The molecule has 1 saturated carbocycles. The number of benzene rings is 6. The van der Waals surface area contributed by atoms with E-state index in [0.29, 0.717) is 0 Å². The van der Waals surface area contributed by atoms with Crippen LogP contribution in [0.4, 0.5) is 0 Å². The molecule has 6 aromatic carbocycles. The zero-order valence-corrected chi connectivity index (χ0v) is 28.0. The van der Waals surface area contributed by atoms with E-state index >= 15 is 0 Å². The Morgan fingerprint density at radius 2 is 1.04 bits per heavy atom. The van der Waals surface area contributed by atoms with Gasteiger partial charge in [-0.05, 0) is 76.6 Å². The molecule has 0 bridgehead atoms. The van der Waals surface area contributed by atoms with Crippen molar-refractivity contribution in [3.8, 4) is 56.2 Å². The molecule has 0 atom stereocenters. The predicted octanol–water partition coefficient (Wildman–Crippen LogP) is 12.7. The van der Waals surface area contributed by atoms with Crippen LogP contribution in [0.1, 0.15) is 43.2 Å². The Morgan fingerprint density at radius 3 is 1.80 bits per heavy atom. The normalized spacial score (nSPS) is 14.7. The number of thiophene rings is 1. The summed E-state index contributed by atoms with van der Waals surface area (Å²) in [5.74, 6) is 0.739. The van der Waals surface area contributed by atoms with Crippen molar-refractivity contribution >= 4 is 31.5 Å². The van der Waals surface area contributed by atoms with E-state index in [4.69, 9.17) is 9.97 Å². The third-order valence-electron chi connectivity index (χ3n) is 10.9. The fourth-order valence-electron chi connectivity index (χ4n) is 8.61. The van der Waals surface area contributed by atoms with Gasteiger partial charge in [0.1, 0.15) is 0 Å². The SMILES string of the molecule is c1ccc(-c2cc(-c3ccc4sc5ccc(-c6cccc7c6-c6ccccc6C76CCCCC6)cc5c4c3)nc(-c3ccccc3)n2)cc1. The first kappa shape index (κ1) is 28.6. The fraction of sp³-hybridized carbons (Fsp3) is 0.130. The van der Waals surface area contributed by atoms with Gasteiger partial charge in [-0.3, -0.25) is 0 Å². The highest BCUT2D eigenvalue weighted by Crippen LogP contribution is 2.58. The Labute approximate surface area is 290 Å². The molecule has 0 amide bonds. The molecule has 3 heteroatoms. The van der Waals surface area contributed by atoms with Gasteiger partial charge < -0.3 is 0 Å². The van der Waals surface area contributed by atoms with E-state index in [1.165, 1.54) is 80.1 Å². The van der Waals surface area contributed by atoms with Gasteiger partial charge >= 0.3 is 0 Å². The minimum atomic E-state index is 0.156. The van der Waals surface area contributed by atoms with Gasteiger partial charge in [0.25, 0.3) is 0 Å². The van der Waals surface area contributed by atoms with E-state index < -0.39 is 0 Å². The van der Waals surface area contributed by atoms with Crippen molar-refractivity contribution in [2.45, 2.75) is 37.5 Å². The topological polar surface area (TPSA) is 25.8 Å². The molecule has 234 valence electrons. The van der Waals surface area contributed by atoms with Gasteiger partial charge in [0.15, 0.2) is 5.82 Å². The van der Waals surface area contributed by atoms with Crippen molar-refractivity contribution < 1.29 is 0 Å². The molecule has 49 heavy (non-hydrogen) atoms. The molecule has 0 unspecified atom stereocenters. The van der Waals surface area contributed by atoms with Crippen LogP contribution in [0.15, 0.2) is 146 Å². The van der Waals surface area contributed by atoms with Gasteiger partial charge in [-0.1, -0.05) is 135 Å². The first-order chi connectivity index (χ1) is 24.2. The molecule has 1 spiro atoms. The van der Waals surface area contributed by atoms with Gasteiger partial charge in [-0.25, -0.2) is 9.97 Å². The van der Waals surface area contributed by atoms with E-state index in [-0.39, 0.29) is 5.41 Å². The second-order valence-electron chi connectivity index (χ2n) is 13.6. The Hall–Kier alpha value is -5.38. The molecule has 2 aliphatic rings. The van der Waals surface area contributed by atoms with Gasteiger partial charge in [0.2, 0.25) is 0 Å². The largest absolute Gasteiger partial charge is 0.228 e. The highest BCUT2D eigenvalue weighted by Gasteiger charge is 2.44. The van der Waals surface area contributed by atoms with E-state index in [2.05, 4.69) is 121 Å². The summed E-state index contributed by atoms with van der Waals surface area (Å²) < 4.78 is 2.60. The third kappa shape index (κ3) is 4.60. The van der Waals surface area contributed by atoms with Crippen LogP contribution in [0.5, 0.6) is 0 Å². The smallest absolute Gasteiger partial charge is 0.160 e. The molecule has 0 N–H and O–H groups in total. The summed E-state index contributed by atoms with van der Waals surface area (Å²) in [6.07, 6.45) is 6.45. The molecule has 10 rings (SSSR count). The minimum absolute atomic E-state index is 0.156. The molecule has 1 fully saturated rings. The van der Waals surface area contributed by atoms with Crippen LogP contribution in [0.25, 0.3) is 76.3 Å². The summed E-state index contributed by atoms with van der Waals surface area (Å²) in [4.78, 5) is 10.1. The number of nitrogens with zero attached hydrogens (tertiary/aromatic N) is 2. The van der Waals surface area contributed by atoms with Gasteiger partial charge in [-0.15, -0.1) is 11.3 Å². The molecule has 8 aromatic rings. The van der Waals surface area contributed by atoms with E-state index in [0.717, 1.165) is 33.9 Å². The Bertz CT molecular complexity index is 2470. The molecule has 2 nitrogen and oxygen atoms in total. The summed E-state index contributed by atoms with van der Waals surface area (Å²) in [6, 6.07) is 53.1. The number of hydrogen-bond donors (Lipinski definition) is 0. The van der Waals surface area contributed by atoms with Crippen LogP contribution < -0.4 is 0 Å². The quantitative estimate of drug-likeness (QED) is 0.190. The number of rotatable bonds is 4. The second-order valence-corrected chi connectivity index (χ2v) is 14.7. The van der Waals surface area contributed by atoms with Crippen LogP contribution >= 0.6 is 11.3 Å². The molecule has 0 aliphatic heterocycles. The first-order valence-corrected chi connectivity index (χ1v) is 18.3. The fourth-order valence-corrected chi connectivity index (χ4v) is 9.68. The lowest BCUT2D eigenvalue weighted by Gasteiger charge is -2.36. The Balaban J connectivity index is 1.13. The minimum Gasteiger partial charge on any atom is -0.228 e. The van der Waals surface area contributed by atoms with Gasteiger partial charge in [0.05, 0.1) is 11.4 Å². The molecular formula is C46H34N2S. The maximum absolute atomic E-state index is 5.13. The molecule has 0 radical (unpaired) electrons. The Kier molecular flexibility index (Phi) is 6.63. The van der Waals surface area contributed by atoms with Crippen molar-refractivity contribution in [3.63, 3.8) is 0 Å². The maximum Gasteiger partial charge on any atom is 0.160 e. The summed E-state index contributed by atoms with van der Waals surface area (Å²) >= 11 is 1.87. The molecule has 2 aliphatic carbocycles. The van der Waals surface area contributed by atoms with E-state index in [9.17, 15) is 0 Å². The second kappa shape index (κ2) is 11.4. The lowest BCUT2D eigenvalue weighted by atomic mass is 9.68. The molecule has 2 heterocycles. The van der Waals surface area contributed by atoms with Crippen molar-refractivity contribution in [3.05, 3.63) is 157 Å². The summed E-state index contributed by atoms with van der Waals surface area (Å²) in [5.41, 5.74) is 13.8. The van der Waals surface area contributed by atoms with Crippen molar-refractivity contribution in [1.29, 1.82) is 0 Å². The number of fused-ring (bicyclic) bond motifs is 8. The maximum atomic E-state index is 5.13. The zero-order valence-electron chi connectivity index (χ0n) is 27.2. The lowest BCUT2D eigenvalue weighted by molar-refractivity contribution is 0.353. The first-order valence-electron chi connectivity index (χ1n) is 17.5. The van der Waals surface area contributed by atoms with E-state index in [1.807, 2.05) is 35.6 Å². The Morgan fingerprint density at radius 1 is 0.449 bits per heavy atom. The van der Waals surface area contributed by atoms with Gasteiger partial charge in [-0.2, -0.15) is 0 Å². The third-order valence-corrected chi connectivity index (χ3v) is 12.1. The lowest BCUT2D eigenvalue weighted by Crippen LogP contribution is -2.27. The molecule has 2 aromatic heterocycles. The number of aromatic nitrogens is 2. The average molecular weight is 647 g/mol. The highest BCUT2D eigenvalue weighted by atomic mass is 32.1. The average Bonchev–Trinajstić information content (AvgIpc) is 3.68. The highest BCUT2D eigenvalue weighted by molar-refractivity contribution is 7.25. The predicted molar refractivity (Wildman–Crippen MR) is 206 cm³/mol. The summed E-state index contributed by atoms with van der Waals surface area (Å²) in [5, 5.41) is 2.58. The summed E-state index contributed by atoms with van der Waals surface area (Å²) in [6.45, 7) is 0. The van der Waals surface area contributed by atoms with Crippen LogP contribution in [-0.2, 0) is 5.41 Å². The molecule has 0 saturated heterocycles. The van der Waals surface area contributed by atoms with Crippen LogP contribution in [-0.4, -0.2) is 9.97 Å². The standard InChI is InChI=1S/C46H34N2S/c1-4-13-30(14-5-1)40-29-41(48-45(47-40)31-15-6-2-7-16-31)33-22-24-43-37(28-33)36-27-32(21-23-42(36)49-43)34-18-12-20-39-44(34)35-17-8-9-19-38(35)46(39)25-10-3-11-26-46/h1-2,4-9,12-24,27-29H,3,10-11,25-26H2. The van der Waals surface area contributed by atoms with Crippen LogP contribution in [0.2, 0.25) is 0 Å². The van der Waals surface area contributed by atoms with Crippen molar-refractivity contribution in [1.82, 2.24) is 9.97 Å². The van der Waals surface area contributed by atoms with Crippen molar-refractivity contribution in [2.75, 3.05) is 0 Å². The van der Waals surface area contributed by atoms with Gasteiger partial charge in [0, 0.05) is 42.3 Å². The van der Waals surface area contributed by atoms with Crippen molar-refractivity contribution in [2.24, 2.45) is 0 Å². The van der Waals surface area contributed by atoms with E-state index in [1.54, 1.807) is 5.56 Å². The zero-order chi connectivity index (χ0) is 32.4. The summed E-state index contributed by atoms with van der Waals surface area (Å²) in [7, 11) is 0.